The molecule has 0 aromatic heterocycles. The zero-order valence-corrected chi connectivity index (χ0v) is 14.3. The van der Waals surface area contributed by atoms with Crippen LogP contribution in [0.1, 0.15) is 21.5 Å². The van der Waals surface area contributed by atoms with Crippen LogP contribution in [0.4, 0.5) is 0 Å². The summed E-state index contributed by atoms with van der Waals surface area (Å²) in [6.45, 7) is 1.99. The van der Waals surface area contributed by atoms with Crippen LogP contribution in [0.5, 0.6) is 11.5 Å². The summed E-state index contributed by atoms with van der Waals surface area (Å²) in [7, 11) is 3.16. The van der Waals surface area contributed by atoms with Crippen LogP contribution in [0.2, 0.25) is 0 Å². The van der Waals surface area contributed by atoms with E-state index in [2.05, 4.69) is 15.9 Å². The second kappa shape index (κ2) is 7.27. The average Bonchev–Trinajstić information content (AvgIpc) is 2.52. The number of ether oxygens (including phenoxy) is 2. The zero-order chi connectivity index (χ0) is 16.1. The van der Waals surface area contributed by atoms with Crippen LogP contribution in [-0.2, 0) is 0 Å². The van der Waals surface area contributed by atoms with Gasteiger partial charge in [0.25, 0.3) is 0 Å². The first-order valence-corrected chi connectivity index (χ1v) is 7.55. The van der Waals surface area contributed by atoms with Crippen LogP contribution >= 0.6 is 15.9 Å². The first-order chi connectivity index (χ1) is 10.5. The Labute approximate surface area is 138 Å². The summed E-state index contributed by atoms with van der Waals surface area (Å²) in [6.07, 6.45) is 3.31. The fourth-order valence-electron chi connectivity index (χ4n) is 2.02. The van der Waals surface area contributed by atoms with E-state index in [1.807, 2.05) is 43.3 Å². The number of hydrogen-bond acceptors (Lipinski definition) is 3. The molecule has 22 heavy (non-hydrogen) atoms. The molecule has 0 spiro atoms. The van der Waals surface area contributed by atoms with Crippen molar-refractivity contribution in [3.8, 4) is 11.5 Å². The van der Waals surface area contributed by atoms with Gasteiger partial charge in [0.15, 0.2) is 17.3 Å². The standard InChI is InChI=1S/C18H17BrO3/c1-12-4-7-14(8-5-12)16(20)9-6-13-10-15(19)18(22-3)17(11-13)21-2/h4-11H,1-3H3. The van der Waals surface area contributed by atoms with E-state index in [1.165, 1.54) is 0 Å². The van der Waals surface area contributed by atoms with E-state index in [4.69, 9.17) is 9.47 Å². The van der Waals surface area contributed by atoms with Crippen molar-refractivity contribution in [2.45, 2.75) is 6.92 Å². The third-order valence-corrected chi connectivity index (χ3v) is 3.81. The van der Waals surface area contributed by atoms with Gasteiger partial charge in [0.05, 0.1) is 18.7 Å². The summed E-state index contributed by atoms with van der Waals surface area (Å²) in [5, 5.41) is 0. The lowest BCUT2D eigenvalue weighted by Crippen LogP contribution is -1.94. The summed E-state index contributed by atoms with van der Waals surface area (Å²) in [4.78, 5) is 12.1. The molecule has 2 aromatic rings. The fraction of sp³-hybridized carbons (Fsp3) is 0.167. The fourth-order valence-corrected chi connectivity index (χ4v) is 2.64. The van der Waals surface area contributed by atoms with Crippen LogP contribution in [0.25, 0.3) is 6.08 Å². The predicted molar refractivity (Wildman–Crippen MR) is 91.8 cm³/mol. The number of carbonyl (C=O) groups is 1. The molecule has 2 aromatic carbocycles. The summed E-state index contributed by atoms with van der Waals surface area (Å²) in [6, 6.07) is 11.2. The molecule has 0 bridgehead atoms. The van der Waals surface area contributed by atoms with Gasteiger partial charge in [0, 0.05) is 5.56 Å². The number of ketones is 1. The van der Waals surface area contributed by atoms with E-state index in [9.17, 15) is 4.79 Å². The minimum atomic E-state index is -0.0362. The van der Waals surface area contributed by atoms with Gasteiger partial charge in [-0.2, -0.15) is 0 Å². The van der Waals surface area contributed by atoms with Crippen molar-refractivity contribution in [3.05, 3.63) is 63.6 Å². The second-order valence-electron chi connectivity index (χ2n) is 4.80. The molecule has 0 saturated carbocycles. The van der Waals surface area contributed by atoms with E-state index >= 15 is 0 Å². The molecule has 0 unspecified atom stereocenters. The van der Waals surface area contributed by atoms with Crippen molar-refractivity contribution in [3.63, 3.8) is 0 Å². The van der Waals surface area contributed by atoms with Gasteiger partial charge in [-0.25, -0.2) is 0 Å². The van der Waals surface area contributed by atoms with Gasteiger partial charge in [-0.1, -0.05) is 35.9 Å². The highest BCUT2D eigenvalue weighted by Gasteiger charge is 2.09. The average molecular weight is 361 g/mol. The Morgan fingerprint density at radius 3 is 2.36 bits per heavy atom. The number of allylic oxidation sites excluding steroid dienone is 1. The van der Waals surface area contributed by atoms with Crippen molar-refractivity contribution < 1.29 is 14.3 Å². The van der Waals surface area contributed by atoms with Crippen molar-refractivity contribution in [2.75, 3.05) is 14.2 Å². The van der Waals surface area contributed by atoms with E-state index in [0.29, 0.717) is 17.1 Å². The normalized spacial score (nSPS) is 10.7. The van der Waals surface area contributed by atoms with Gasteiger partial charge in [-0.3, -0.25) is 4.79 Å². The highest BCUT2D eigenvalue weighted by molar-refractivity contribution is 9.10. The smallest absolute Gasteiger partial charge is 0.185 e. The summed E-state index contributed by atoms with van der Waals surface area (Å²) in [5.74, 6) is 1.20. The van der Waals surface area contributed by atoms with Crippen LogP contribution in [0.15, 0.2) is 46.9 Å². The molecule has 0 radical (unpaired) electrons. The predicted octanol–water partition coefficient (Wildman–Crippen LogP) is 4.67. The lowest BCUT2D eigenvalue weighted by Gasteiger charge is -2.10. The highest BCUT2D eigenvalue weighted by atomic mass is 79.9. The maximum absolute atomic E-state index is 12.1. The molecule has 0 aliphatic carbocycles. The van der Waals surface area contributed by atoms with Gasteiger partial charge < -0.3 is 9.47 Å². The first-order valence-electron chi connectivity index (χ1n) is 6.75. The number of aryl methyl sites for hydroxylation is 1. The molecule has 0 aliphatic rings. The molecular formula is C18H17BrO3. The molecule has 0 atom stereocenters. The first kappa shape index (κ1) is 16.3. The van der Waals surface area contributed by atoms with Gasteiger partial charge in [0.2, 0.25) is 0 Å². The van der Waals surface area contributed by atoms with E-state index in [1.54, 1.807) is 26.4 Å². The Hall–Kier alpha value is -2.07. The maximum Gasteiger partial charge on any atom is 0.185 e. The number of benzene rings is 2. The van der Waals surface area contributed by atoms with Crippen LogP contribution in [0, 0.1) is 6.92 Å². The minimum absolute atomic E-state index is 0.0362. The Balaban J connectivity index is 2.24. The summed E-state index contributed by atoms with van der Waals surface area (Å²) in [5.41, 5.74) is 2.65. The van der Waals surface area contributed by atoms with E-state index < -0.39 is 0 Å². The third kappa shape index (κ3) is 3.77. The topological polar surface area (TPSA) is 35.5 Å². The Bertz CT molecular complexity index is 703. The number of rotatable bonds is 5. The van der Waals surface area contributed by atoms with Gasteiger partial charge in [-0.05, 0) is 46.6 Å². The number of hydrogen-bond donors (Lipinski definition) is 0. The molecule has 0 saturated heterocycles. The quantitative estimate of drug-likeness (QED) is 0.574. The molecule has 0 amide bonds. The molecule has 2 rings (SSSR count). The van der Waals surface area contributed by atoms with Crippen LogP contribution < -0.4 is 9.47 Å². The summed E-state index contributed by atoms with van der Waals surface area (Å²) >= 11 is 3.44. The molecule has 3 nitrogen and oxygen atoms in total. The number of halogens is 1. The van der Waals surface area contributed by atoms with Crippen molar-refractivity contribution >= 4 is 27.8 Å². The zero-order valence-electron chi connectivity index (χ0n) is 12.7. The largest absolute Gasteiger partial charge is 0.493 e. The third-order valence-electron chi connectivity index (χ3n) is 3.22. The molecule has 0 heterocycles. The molecule has 0 aliphatic heterocycles. The molecular weight excluding hydrogens is 344 g/mol. The van der Waals surface area contributed by atoms with Gasteiger partial charge in [-0.15, -0.1) is 0 Å². The maximum atomic E-state index is 12.1. The van der Waals surface area contributed by atoms with Gasteiger partial charge >= 0.3 is 0 Å². The van der Waals surface area contributed by atoms with E-state index in [-0.39, 0.29) is 5.78 Å². The van der Waals surface area contributed by atoms with Crippen molar-refractivity contribution in [1.82, 2.24) is 0 Å². The SMILES string of the molecule is COc1cc(C=CC(=O)c2ccc(C)cc2)cc(Br)c1OC. The lowest BCUT2D eigenvalue weighted by atomic mass is 10.1. The minimum Gasteiger partial charge on any atom is -0.493 e. The summed E-state index contributed by atoms with van der Waals surface area (Å²) < 4.78 is 11.3. The van der Waals surface area contributed by atoms with E-state index in [0.717, 1.165) is 15.6 Å². The molecule has 0 fully saturated rings. The molecule has 4 heteroatoms. The lowest BCUT2D eigenvalue weighted by molar-refractivity contribution is 0.104. The second-order valence-corrected chi connectivity index (χ2v) is 5.66. The highest BCUT2D eigenvalue weighted by Crippen LogP contribution is 2.36. The number of carbonyl (C=O) groups excluding carboxylic acids is 1. The van der Waals surface area contributed by atoms with Crippen molar-refractivity contribution in [1.29, 1.82) is 0 Å². The molecule has 0 N–H and O–H groups in total. The number of methoxy groups -OCH3 is 2. The van der Waals surface area contributed by atoms with Gasteiger partial charge in [0.1, 0.15) is 0 Å². The Morgan fingerprint density at radius 1 is 1.09 bits per heavy atom. The Morgan fingerprint density at radius 2 is 1.77 bits per heavy atom. The monoisotopic (exact) mass is 360 g/mol. The van der Waals surface area contributed by atoms with Crippen LogP contribution in [0.3, 0.4) is 0 Å². The van der Waals surface area contributed by atoms with Crippen LogP contribution in [-0.4, -0.2) is 20.0 Å². The molecule has 114 valence electrons. The van der Waals surface area contributed by atoms with Crippen molar-refractivity contribution in [2.24, 2.45) is 0 Å². The Kier molecular flexibility index (Phi) is 5.39.